The van der Waals surface area contributed by atoms with Crippen LogP contribution in [0, 0.1) is 0 Å². The minimum absolute atomic E-state index is 0.0347. The molecule has 0 saturated carbocycles. The van der Waals surface area contributed by atoms with Gasteiger partial charge in [0.25, 0.3) is 5.91 Å². The van der Waals surface area contributed by atoms with Crippen LogP contribution in [-0.4, -0.2) is 45.7 Å². The Balaban J connectivity index is 1.83. The summed E-state index contributed by atoms with van der Waals surface area (Å²) in [7, 11) is 3.23. The zero-order chi connectivity index (χ0) is 21.5. The second kappa shape index (κ2) is 10.7. The fraction of sp³-hybridized carbons (Fsp3) is 0.273. The van der Waals surface area contributed by atoms with Crippen molar-refractivity contribution >= 4 is 51.3 Å². The van der Waals surface area contributed by atoms with Crippen LogP contribution in [0.5, 0.6) is 5.75 Å². The van der Waals surface area contributed by atoms with E-state index >= 15 is 0 Å². The van der Waals surface area contributed by atoms with Gasteiger partial charge in [0.2, 0.25) is 5.91 Å². The Morgan fingerprint density at radius 2 is 2.03 bits per heavy atom. The average molecular weight is 491 g/mol. The van der Waals surface area contributed by atoms with Crippen LogP contribution in [0.1, 0.15) is 12.0 Å². The number of hydrogen-bond acceptors (Lipinski definition) is 5. The SMILES string of the molecule is COCCCNC(=O)CN1C(=O)/C(=C\c2ccc(OC)c(Br)c2)Sc2ccccc21. The Morgan fingerprint density at radius 3 is 2.77 bits per heavy atom. The van der Waals surface area contributed by atoms with Gasteiger partial charge in [-0.15, -0.1) is 0 Å². The van der Waals surface area contributed by atoms with E-state index in [0.29, 0.717) is 18.1 Å². The minimum Gasteiger partial charge on any atom is -0.496 e. The van der Waals surface area contributed by atoms with Crippen molar-refractivity contribution in [2.24, 2.45) is 0 Å². The van der Waals surface area contributed by atoms with Gasteiger partial charge in [0.1, 0.15) is 12.3 Å². The molecule has 1 N–H and O–H groups in total. The number of benzene rings is 2. The van der Waals surface area contributed by atoms with Crippen LogP contribution in [0.25, 0.3) is 6.08 Å². The first-order valence-electron chi connectivity index (χ1n) is 9.43. The standard InChI is InChI=1S/C22H23BrN2O4S/c1-28-11-5-10-24-21(26)14-25-17-6-3-4-7-19(17)30-20(22(25)27)13-15-8-9-18(29-2)16(23)12-15/h3-4,6-9,12-13H,5,10-11,14H2,1-2H3,(H,24,26)/b20-13+. The number of hydrogen-bond donors (Lipinski definition) is 1. The predicted octanol–water partition coefficient (Wildman–Crippen LogP) is 4.09. The number of nitrogens with one attached hydrogen (secondary N) is 1. The summed E-state index contributed by atoms with van der Waals surface area (Å²) in [5.74, 6) is 0.322. The maximum absolute atomic E-state index is 13.2. The Labute approximate surface area is 188 Å². The Kier molecular flexibility index (Phi) is 7.95. The van der Waals surface area contributed by atoms with Crippen molar-refractivity contribution in [3.8, 4) is 5.75 Å². The molecule has 2 aromatic rings. The van der Waals surface area contributed by atoms with Crippen LogP contribution in [-0.2, 0) is 14.3 Å². The molecule has 0 spiro atoms. The third kappa shape index (κ3) is 5.44. The lowest BCUT2D eigenvalue weighted by Gasteiger charge is -2.29. The second-order valence-electron chi connectivity index (χ2n) is 6.56. The van der Waals surface area contributed by atoms with E-state index in [1.165, 1.54) is 16.7 Å². The molecule has 1 aliphatic heterocycles. The molecule has 0 bridgehead atoms. The van der Waals surface area contributed by atoms with Gasteiger partial charge in [-0.3, -0.25) is 14.5 Å². The number of ether oxygens (including phenoxy) is 2. The summed E-state index contributed by atoms with van der Waals surface area (Å²) in [6.07, 6.45) is 2.55. The number of rotatable bonds is 8. The van der Waals surface area contributed by atoms with E-state index in [1.807, 2.05) is 48.5 Å². The van der Waals surface area contributed by atoms with Crippen molar-refractivity contribution < 1.29 is 19.1 Å². The molecule has 0 radical (unpaired) electrons. The number of thioether (sulfide) groups is 1. The second-order valence-corrected chi connectivity index (χ2v) is 8.50. The molecular weight excluding hydrogens is 468 g/mol. The van der Waals surface area contributed by atoms with Gasteiger partial charge < -0.3 is 14.8 Å². The fourth-order valence-electron chi connectivity index (χ4n) is 2.99. The molecule has 2 aromatic carbocycles. The van der Waals surface area contributed by atoms with Gasteiger partial charge in [-0.2, -0.15) is 0 Å². The van der Waals surface area contributed by atoms with E-state index in [2.05, 4.69) is 21.2 Å². The van der Waals surface area contributed by atoms with Crippen LogP contribution >= 0.6 is 27.7 Å². The highest BCUT2D eigenvalue weighted by molar-refractivity contribution is 9.10. The number of para-hydroxylation sites is 1. The average Bonchev–Trinajstić information content (AvgIpc) is 2.74. The zero-order valence-corrected chi connectivity index (χ0v) is 19.2. The Bertz CT molecular complexity index is 964. The van der Waals surface area contributed by atoms with E-state index < -0.39 is 0 Å². The maximum atomic E-state index is 13.2. The summed E-state index contributed by atoms with van der Waals surface area (Å²) in [5, 5.41) is 2.84. The molecule has 6 nitrogen and oxygen atoms in total. The smallest absolute Gasteiger partial charge is 0.265 e. The summed E-state index contributed by atoms with van der Waals surface area (Å²) < 4.78 is 11.1. The molecule has 0 aliphatic carbocycles. The quantitative estimate of drug-likeness (QED) is 0.445. The number of halogens is 1. The minimum atomic E-state index is -0.201. The van der Waals surface area contributed by atoms with Crippen LogP contribution in [0.2, 0.25) is 0 Å². The van der Waals surface area contributed by atoms with Crippen LogP contribution in [0.15, 0.2) is 56.7 Å². The van der Waals surface area contributed by atoms with E-state index in [4.69, 9.17) is 9.47 Å². The molecule has 158 valence electrons. The fourth-order valence-corrected chi connectivity index (χ4v) is 4.60. The van der Waals surface area contributed by atoms with E-state index in [0.717, 1.165) is 32.8 Å². The number of methoxy groups -OCH3 is 2. The van der Waals surface area contributed by atoms with Crippen LogP contribution in [0.3, 0.4) is 0 Å². The number of fused-ring (bicyclic) bond motifs is 1. The van der Waals surface area contributed by atoms with Crippen molar-refractivity contribution in [2.45, 2.75) is 11.3 Å². The molecule has 0 fully saturated rings. The van der Waals surface area contributed by atoms with Crippen molar-refractivity contribution in [1.29, 1.82) is 0 Å². The Hall–Kier alpha value is -2.29. The topological polar surface area (TPSA) is 67.9 Å². The van der Waals surface area contributed by atoms with Gasteiger partial charge >= 0.3 is 0 Å². The summed E-state index contributed by atoms with van der Waals surface area (Å²) in [6.45, 7) is 1.05. The molecule has 3 rings (SSSR count). The number of amides is 2. The molecule has 1 aliphatic rings. The van der Waals surface area contributed by atoms with Gasteiger partial charge in [-0.25, -0.2) is 0 Å². The first-order valence-corrected chi connectivity index (χ1v) is 11.0. The first kappa shape index (κ1) is 22.4. The molecular formula is C22H23BrN2O4S. The molecule has 0 aromatic heterocycles. The largest absolute Gasteiger partial charge is 0.496 e. The summed E-state index contributed by atoms with van der Waals surface area (Å²) >= 11 is 4.88. The lowest BCUT2D eigenvalue weighted by molar-refractivity contribution is -0.122. The van der Waals surface area contributed by atoms with Crippen molar-refractivity contribution in [2.75, 3.05) is 38.8 Å². The van der Waals surface area contributed by atoms with E-state index in [1.54, 1.807) is 14.2 Å². The molecule has 0 unspecified atom stereocenters. The molecule has 0 atom stereocenters. The molecule has 8 heteroatoms. The van der Waals surface area contributed by atoms with Gasteiger partial charge in [0.05, 0.1) is 22.2 Å². The summed E-state index contributed by atoms with van der Waals surface area (Å²) in [5.41, 5.74) is 1.61. The number of anilines is 1. The lowest BCUT2D eigenvalue weighted by atomic mass is 10.2. The highest BCUT2D eigenvalue weighted by Crippen LogP contribution is 2.42. The van der Waals surface area contributed by atoms with Gasteiger partial charge in [0, 0.05) is 25.2 Å². The van der Waals surface area contributed by atoms with Crippen molar-refractivity contribution in [1.82, 2.24) is 5.32 Å². The molecule has 2 amide bonds. The van der Waals surface area contributed by atoms with E-state index in [-0.39, 0.29) is 18.4 Å². The van der Waals surface area contributed by atoms with Gasteiger partial charge in [-0.1, -0.05) is 30.0 Å². The zero-order valence-electron chi connectivity index (χ0n) is 16.8. The number of carbonyl (C=O) groups excluding carboxylic acids is 2. The highest BCUT2D eigenvalue weighted by atomic mass is 79.9. The van der Waals surface area contributed by atoms with Crippen LogP contribution in [0.4, 0.5) is 5.69 Å². The number of carbonyl (C=O) groups is 2. The third-order valence-electron chi connectivity index (χ3n) is 4.45. The maximum Gasteiger partial charge on any atom is 0.265 e. The van der Waals surface area contributed by atoms with Crippen molar-refractivity contribution in [3.63, 3.8) is 0 Å². The molecule has 0 saturated heterocycles. The van der Waals surface area contributed by atoms with E-state index in [9.17, 15) is 9.59 Å². The summed E-state index contributed by atoms with van der Waals surface area (Å²) in [6, 6.07) is 13.2. The molecule has 30 heavy (non-hydrogen) atoms. The third-order valence-corrected chi connectivity index (χ3v) is 6.15. The number of nitrogens with zero attached hydrogens (tertiary/aromatic N) is 1. The first-order chi connectivity index (χ1) is 14.5. The predicted molar refractivity (Wildman–Crippen MR) is 123 cm³/mol. The highest BCUT2D eigenvalue weighted by Gasteiger charge is 2.30. The molecule has 1 heterocycles. The summed E-state index contributed by atoms with van der Waals surface area (Å²) in [4.78, 5) is 28.6. The van der Waals surface area contributed by atoms with Crippen molar-refractivity contribution in [3.05, 3.63) is 57.4 Å². The lowest BCUT2D eigenvalue weighted by Crippen LogP contribution is -2.43. The van der Waals surface area contributed by atoms with Gasteiger partial charge in [-0.05, 0) is 58.3 Å². The van der Waals surface area contributed by atoms with Crippen LogP contribution < -0.4 is 15.0 Å². The Morgan fingerprint density at radius 1 is 1.23 bits per heavy atom. The monoisotopic (exact) mass is 490 g/mol. The normalized spacial score (nSPS) is 14.6. The van der Waals surface area contributed by atoms with Gasteiger partial charge in [0.15, 0.2) is 0 Å².